The van der Waals surface area contributed by atoms with Gasteiger partial charge in [0.25, 0.3) is 5.91 Å². The van der Waals surface area contributed by atoms with E-state index in [1.54, 1.807) is 73.9 Å². The highest BCUT2D eigenvalue weighted by Gasteiger charge is 2.21. The van der Waals surface area contributed by atoms with E-state index >= 15 is 0 Å². The van der Waals surface area contributed by atoms with Gasteiger partial charge in [0, 0.05) is 29.8 Å². The van der Waals surface area contributed by atoms with Crippen LogP contribution in [-0.2, 0) is 0 Å². The third-order valence-electron chi connectivity index (χ3n) is 5.59. The lowest BCUT2D eigenvalue weighted by molar-refractivity contribution is 0.102. The zero-order valence-electron chi connectivity index (χ0n) is 19.6. The van der Waals surface area contributed by atoms with Crippen LogP contribution in [0.2, 0.25) is 0 Å². The average Bonchev–Trinajstić information content (AvgIpc) is 3.60. The summed E-state index contributed by atoms with van der Waals surface area (Å²) in [7, 11) is 3.09. The average molecular weight is 484 g/mol. The summed E-state index contributed by atoms with van der Waals surface area (Å²) in [6.07, 6.45) is 4.85. The second-order valence-corrected chi connectivity index (χ2v) is 7.81. The van der Waals surface area contributed by atoms with E-state index in [1.807, 2.05) is 30.3 Å². The van der Waals surface area contributed by atoms with Crippen molar-refractivity contribution >= 4 is 11.6 Å². The lowest BCUT2D eigenvalue weighted by atomic mass is 10.1. The number of methoxy groups -OCH3 is 2. The lowest BCUT2D eigenvalue weighted by Gasteiger charge is -2.10. The third-order valence-corrected chi connectivity index (χ3v) is 5.59. The predicted molar refractivity (Wildman–Crippen MR) is 134 cm³/mol. The monoisotopic (exact) mass is 483 g/mol. The van der Waals surface area contributed by atoms with E-state index in [4.69, 9.17) is 9.47 Å². The van der Waals surface area contributed by atoms with Crippen LogP contribution in [0.15, 0.2) is 91.4 Å². The van der Waals surface area contributed by atoms with Gasteiger partial charge in [-0.05, 0) is 54.6 Å². The molecule has 0 radical (unpaired) electrons. The molecule has 1 amide bonds. The van der Waals surface area contributed by atoms with E-state index in [1.165, 1.54) is 10.7 Å². The van der Waals surface area contributed by atoms with Gasteiger partial charge in [-0.2, -0.15) is 10.2 Å². The van der Waals surface area contributed by atoms with Crippen molar-refractivity contribution in [1.82, 2.24) is 19.6 Å². The number of hydrogen-bond donors (Lipinski definition) is 1. The van der Waals surface area contributed by atoms with Gasteiger partial charge in [-0.15, -0.1) is 0 Å². The zero-order chi connectivity index (χ0) is 25.1. The van der Waals surface area contributed by atoms with Gasteiger partial charge in [-0.1, -0.05) is 18.2 Å². The van der Waals surface area contributed by atoms with Crippen molar-refractivity contribution in [2.24, 2.45) is 0 Å². The SMILES string of the molecule is COc1ccc(-c2nn(-c3ccccc3)cc2C(=O)Nc2ccc(-n3cccn3)c(F)c2)cc1OC. The Morgan fingerprint density at radius 3 is 2.42 bits per heavy atom. The molecule has 5 rings (SSSR count). The maximum atomic E-state index is 14.7. The Morgan fingerprint density at radius 1 is 0.917 bits per heavy atom. The molecule has 0 fully saturated rings. The van der Waals surface area contributed by atoms with Crippen LogP contribution in [0, 0.1) is 5.82 Å². The fourth-order valence-corrected chi connectivity index (χ4v) is 3.83. The number of aromatic nitrogens is 4. The molecule has 0 aliphatic rings. The van der Waals surface area contributed by atoms with E-state index in [9.17, 15) is 9.18 Å². The van der Waals surface area contributed by atoms with Crippen molar-refractivity contribution in [3.8, 4) is 34.1 Å². The Kier molecular flexibility index (Phi) is 6.19. The minimum atomic E-state index is -0.517. The minimum absolute atomic E-state index is 0.279. The Hall–Kier alpha value is -4.92. The van der Waals surface area contributed by atoms with Crippen LogP contribution in [0.1, 0.15) is 10.4 Å². The second-order valence-electron chi connectivity index (χ2n) is 7.81. The summed E-state index contributed by atoms with van der Waals surface area (Å²) in [5.41, 5.74) is 2.77. The van der Waals surface area contributed by atoms with Gasteiger partial charge in [0.15, 0.2) is 17.3 Å². The molecule has 0 spiro atoms. The standard InChI is InChI=1S/C27H22FN5O3/c1-35-24-12-9-18(15-25(24)36-2)26-21(17-33(31-26)20-7-4-3-5-8-20)27(34)30-19-10-11-23(22(28)16-19)32-14-6-13-29-32/h3-17H,1-2H3,(H,30,34). The summed E-state index contributed by atoms with van der Waals surface area (Å²) in [5.74, 6) is 0.110. The smallest absolute Gasteiger partial charge is 0.259 e. The molecule has 9 heteroatoms. The number of para-hydroxylation sites is 1. The normalized spacial score (nSPS) is 10.8. The van der Waals surface area contributed by atoms with Gasteiger partial charge >= 0.3 is 0 Å². The van der Waals surface area contributed by atoms with Crippen LogP contribution >= 0.6 is 0 Å². The van der Waals surface area contributed by atoms with E-state index in [0.717, 1.165) is 5.69 Å². The van der Waals surface area contributed by atoms with E-state index in [2.05, 4.69) is 15.5 Å². The molecule has 2 heterocycles. The van der Waals surface area contributed by atoms with Crippen molar-refractivity contribution in [2.75, 3.05) is 19.5 Å². The number of halogens is 1. The summed E-state index contributed by atoms with van der Waals surface area (Å²) in [5, 5.41) is 11.5. The van der Waals surface area contributed by atoms with Gasteiger partial charge in [-0.25, -0.2) is 13.8 Å². The molecule has 0 aliphatic heterocycles. The van der Waals surface area contributed by atoms with Crippen LogP contribution in [0.25, 0.3) is 22.6 Å². The summed E-state index contributed by atoms with van der Waals surface area (Å²) in [4.78, 5) is 13.4. The molecular weight excluding hydrogens is 461 g/mol. The molecule has 36 heavy (non-hydrogen) atoms. The predicted octanol–water partition coefficient (Wildman–Crippen LogP) is 5.13. The highest BCUT2D eigenvalue weighted by Crippen LogP contribution is 2.33. The Balaban J connectivity index is 1.52. The van der Waals surface area contributed by atoms with Gasteiger partial charge in [-0.3, -0.25) is 4.79 Å². The van der Waals surface area contributed by atoms with Crippen LogP contribution in [-0.4, -0.2) is 39.7 Å². The van der Waals surface area contributed by atoms with Crippen LogP contribution in [0.4, 0.5) is 10.1 Å². The maximum absolute atomic E-state index is 14.7. The molecule has 0 aliphatic carbocycles. The number of benzene rings is 3. The molecule has 2 aromatic heterocycles. The number of rotatable bonds is 7. The van der Waals surface area contributed by atoms with E-state index < -0.39 is 11.7 Å². The number of anilines is 1. The number of hydrogen-bond acceptors (Lipinski definition) is 5. The highest BCUT2D eigenvalue weighted by atomic mass is 19.1. The molecule has 3 aromatic carbocycles. The van der Waals surface area contributed by atoms with Crippen LogP contribution in [0.3, 0.4) is 0 Å². The fourth-order valence-electron chi connectivity index (χ4n) is 3.83. The second kappa shape index (κ2) is 9.75. The number of carbonyl (C=O) groups excluding carboxylic acids is 1. The number of ether oxygens (including phenoxy) is 2. The first-order valence-electron chi connectivity index (χ1n) is 11.1. The number of carbonyl (C=O) groups is 1. The summed E-state index contributed by atoms with van der Waals surface area (Å²) in [6, 6.07) is 20.9. The first-order chi connectivity index (χ1) is 17.6. The Labute approximate surface area is 206 Å². The molecule has 1 N–H and O–H groups in total. The molecular formula is C27H22FN5O3. The molecule has 0 bridgehead atoms. The first-order valence-corrected chi connectivity index (χ1v) is 11.1. The molecule has 0 unspecified atom stereocenters. The molecule has 5 aromatic rings. The van der Waals surface area contributed by atoms with Crippen LogP contribution < -0.4 is 14.8 Å². The van der Waals surface area contributed by atoms with Crippen LogP contribution in [0.5, 0.6) is 11.5 Å². The molecule has 8 nitrogen and oxygen atoms in total. The molecule has 180 valence electrons. The van der Waals surface area contributed by atoms with Crippen molar-refractivity contribution in [2.45, 2.75) is 0 Å². The van der Waals surface area contributed by atoms with E-state index in [-0.39, 0.29) is 5.69 Å². The molecule has 0 saturated heterocycles. The first kappa shape index (κ1) is 22.9. The van der Waals surface area contributed by atoms with E-state index in [0.29, 0.717) is 34.0 Å². The summed E-state index contributed by atoms with van der Waals surface area (Å²) < 4.78 is 28.5. The Morgan fingerprint density at radius 2 is 1.72 bits per heavy atom. The fraction of sp³-hybridized carbons (Fsp3) is 0.0741. The van der Waals surface area contributed by atoms with Crippen molar-refractivity contribution in [1.29, 1.82) is 0 Å². The molecule has 0 atom stereocenters. The number of nitrogens with one attached hydrogen (secondary N) is 1. The van der Waals surface area contributed by atoms with Crippen molar-refractivity contribution in [3.63, 3.8) is 0 Å². The maximum Gasteiger partial charge on any atom is 0.259 e. The van der Waals surface area contributed by atoms with Gasteiger partial charge in [0.2, 0.25) is 0 Å². The minimum Gasteiger partial charge on any atom is -0.493 e. The lowest BCUT2D eigenvalue weighted by Crippen LogP contribution is -2.13. The third kappa shape index (κ3) is 4.41. The highest BCUT2D eigenvalue weighted by molar-refractivity contribution is 6.08. The summed E-state index contributed by atoms with van der Waals surface area (Å²) in [6.45, 7) is 0. The van der Waals surface area contributed by atoms with Crippen molar-refractivity contribution < 1.29 is 18.7 Å². The Bertz CT molecular complexity index is 1510. The molecule has 0 saturated carbocycles. The zero-order valence-corrected chi connectivity index (χ0v) is 19.6. The van der Waals surface area contributed by atoms with Crippen molar-refractivity contribution in [3.05, 3.63) is 103 Å². The topological polar surface area (TPSA) is 83.2 Å². The van der Waals surface area contributed by atoms with Gasteiger partial charge < -0.3 is 14.8 Å². The number of amides is 1. The largest absolute Gasteiger partial charge is 0.493 e. The van der Waals surface area contributed by atoms with Gasteiger partial charge in [0.05, 0.1) is 25.5 Å². The van der Waals surface area contributed by atoms with Gasteiger partial charge in [0.1, 0.15) is 11.4 Å². The summed E-state index contributed by atoms with van der Waals surface area (Å²) >= 11 is 0. The number of nitrogens with zero attached hydrogens (tertiary/aromatic N) is 4. The quantitative estimate of drug-likeness (QED) is 0.347.